The molecule has 0 spiro atoms. The Balaban J connectivity index is 2.08. The number of ether oxygens (including phenoxy) is 1. The van der Waals surface area contributed by atoms with Gasteiger partial charge in [0.1, 0.15) is 18.1 Å². The standard InChI is InChI=1S/C15H12O3/c1-10(13-7-4-8-17-13)12-9-18-14-6-3-2-5-11(14)15(12)16/h2-8H,9H2,1H3/b12-10-. The minimum Gasteiger partial charge on any atom is -0.488 e. The van der Waals surface area contributed by atoms with Crippen LogP contribution in [0.1, 0.15) is 23.0 Å². The van der Waals surface area contributed by atoms with E-state index >= 15 is 0 Å². The summed E-state index contributed by atoms with van der Waals surface area (Å²) in [5.41, 5.74) is 2.10. The van der Waals surface area contributed by atoms with Gasteiger partial charge in [-0.2, -0.15) is 0 Å². The Labute approximate surface area is 105 Å². The van der Waals surface area contributed by atoms with E-state index in [1.165, 1.54) is 0 Å². The first-order valence-electron chi connectivity index (χ1n) is 5.77. The summed E-state index contributed by atoms with van der Waals surface area (Å²) in [5, 5.41) is 0. The average molecular weight is 240 g/mol. The van der Waals surface area contributed by atoms with Crippen LogP contribution in [0.5, 0.6) is 5.75 Å². The van der Waals surface area contributed by atoms with Crippen LogP contribution in [0, 0.1) is 0 Å². The molecule has 0 saturated carbocycles. The number of carbonyl (C=O) groups excluding carboxylic acids is 1. The molecule has 0 saturated heterocycles. The zero-order valence-electron chi connectivity index (χ0n) is 9.97. The Kier molecular flexibility index (Phi) is 2.52. The second-order valence-electron chi connectivity index (χ2n) is 4.19. The molecule has 0 fully saturated rings. The third-order valence-corrected chi connectivity index (χ3v) is 3.12. The maximum Gasteiger partial charge on any atom is 0.196 e. The van der Waals surface area contributed by atoms with Crippen LogP contribution in [0.2, 0.25) is 0 Å². The number of fused-ring (bicyclic) bond motifs is 1. The number of para-hydroxylation sites is 1. The molecule has 0 atom stereocenters. The lowest BCUT2D eigenvalue weighted by Gasteiger charge is -2.19. The summed E-state index contributed by atoms with van der Waals surface area (Å²) in [7, 11) is 0. The van der Waals surface area contributed by atoms with E-state index in [4.69, 9.17) is 9.15 Å². The fourth-order valence-corrected chi connectivity index (χ4v) is 2.08. The van der Waals surface area contributed by atoms with E-state index in [1.54, 1.807) is 12.3 Å². The van der Waals surface area contributed by atoms with Crippen molar-refractivity contribution in [3.63, 3.8) is 0 Å². The minimum atomic E-state index is 0.0192. The van der Waals surface area contributed by atoms with Crippen LogP contribution >= 0.6 is 0 Å². The van der Waals surface area contributed by atoms with E-state index < -0.39 is 0 Å². The Bertz CT molecular complexity index is 621. The van der Waals surface area contributed by atoms with Crippen LogP contribution in [0.25, 0.3) is 5.57 Å². The first-order valence-corrected chi connectivity index (χ1v) is 5.77. The minimum absolute atomic E-state index is 0.0192. The molecular formula is C15H12O3. The van der Waals surface area contributed by atoms with Crippen molar-refractivity contribution in [2.75, 3.05) is 6.61 Å². The molecule has 0 bridgehead atoms. The van der Waals surface area contributed by atoms with Crippen molar-refractivity contribution in [1.29, 1.82) is 0 Å². The molecule has 3 rings (SSSR count). The molecule has 1 aliphatic rings. The summed E-state index contributed by atoms with van der Waals surface area (Å²) in [4.78, 5) is 12.4. The van der Waals surface area contributed by atoms with Crippen molar-refractivity contribution >= 4 is 11.4 Å². The zero-order valence-corrected chi connectivity index (χ0v) is 9.97. The summed E-state index contributed by atoms with van der Waals surface area (Å²) >= 11 is 0. The van der Waals surface area contributed by atoms with Gasteiger partial charge >= 0.3 is 0 Å². The molecule has 1 aromatic carbocycles. The van der Waals surface area contributed by atoms with Crippen molar-refractivity contribution in [2.45, 2.75) is 6.92 Å². The number of benzene rings is 1. The largest absolute Gasteiger partial charge is 0.488 e. The highest BCUT2D eigenvalue weighted by molar-refractivity contribution is 6.15. The number of rotatable bonds is 1. The van der Waals surface area contributed by atoms with Crippen molar-refractivity contribution < 1.29 is 13.9 Å². The lowest BCUT2D eigenvalue weighted by molar-refractivity contribution is 0.1000. The highest BCUT2D eigenvalue weighted by Gasteiger charge is 2.25. The van der Waals surface area contributed by atoms with Gasteiger partial charge in [-0.3, -0.25) is 4.79 Å². The molecule has 3 heteroatoms. The molecule has 3 nitrogen and oxygen atoms in total. The number of hydrogen-bond acceptors (Lipinski definition) is 3. The monoisotopic (exact) mass is 240 g/mol. The number of ketones is 1. The third kappa shape index (κ3) is 1.64. The van der Waals surface area contributed by atoms with Gasteiger partial charge in [-0.05, 0) is 31.2 Å². The van der Waals surface area contributed by atoms with Crippen LogP contribution in [0.3, 0.4) is 0 Å². The molecule has 0 aliphatic carbocycles. The van der Waals surface area contributed by atoms with Crippen LogP contribution in [0.15, 0.2) is 52.7 Å². The summed E-state index contributed by atoms with van der Waals surface area (Å²) in [5.74, 6) is 1.38. The molecule has 0 amide bonds. The van der Waals surface area contributed by atoms with Gasteiger partial charge in [0.15, 0.2) is 5.78 Å². The Hall–Kier alpha value is -2.29. The molecule has 18 heavy (non-hydrogen) atoms. The lowest BCUT2D eigenvalue weighted by Crippen LogP contribution is -2.20. The normalized spacial score (nSPS) is 17.1. The SMILES string of the molecule is C/C(=C1\COc2ccccc2C1=O)c1ccco1. The lowest BCUT2D eigenvalue weighted by atomic mass is 9.96. The van der Waals surface area contributed by atoms with E-state index in [2.05, 4.69) is 0 Å². The van der Waals surface area contributed by atoms with Gasteiger partial charge in [0, 0.05) is 11.1 Å². The second-order valence-corrected chi connectivity index (χ2v) is 4.19. The number of hydrogen-bond donors (Lipinski definition) is 0. The van der Waals surface area contributed by atoms with Crippen LogP contribution in [0.4, 0.5) is 0 Å². The summed E-state index contributed by atoms with van der Waals surface area (Å²) < 4.78 is 10.9. The van der Waals surface area contributed by atoms with Gasteiger partial charge in [0.05, 0.1) is 11.8 Å². The first kappa shape index (κ1) is 10.8. The first-order chi connectivity index (χ1) is 8.77. The molecule has 90 valence electrons. The Morgan fingerprint density at radius 2 is 2.00 bits per heavy atom. The van der Waals surface area contributed by atoms with Gasteiger partial charge in [0.25, 0.3) is 0 Å². The van der Waals surface area contributed by atoms with E-state index in [0.717, 1.165) is 5.57 Å². The summed E-state index contributed by atoms with van der Waals surface area (Å²) in [6.07, 6.45) is 1.60. The molecule has 2 aromatic rings. The van der Waals surface area contributed by atoms with Crippen molar-refractivity contribution in [2.24, 2.45) is 0 Å². The molecule has 1 aliphatic heterocycles. The Morgan fingerprint density at radius 1 is 1.17 bits per heavy atom. The van der Waals surface area contributed by atoms with E-state index in [0.29, 0.717) is 29.3 Å². The van der Waals surface area contributed by atoms with Crippen molar-refractivity contribution in [3.8, 4) is 5.75 Å². The Morgan fingerprint density at radius 3 is 2.78 bits per heavy atom. The number of Topliss-reactive ketones (excluding diaryl/α,β-unsaturated/α-hetero) is 1. The fraction of sp³-hybridized carbons (Fsp3) is 0.133. The summed E-state index contributed by atoms with van der Waals surface area (Å²) in [6.45, 7) is 2.17. The highest BCUT2D eigenvalue weighted by atomic mass is 16.5. The fourth-order valence-electron chi connectivity index (χ4n) is 2.08. The summed E-state index contributed by atoms with van der Waals surface area (Å²) in [6, 6.07) is 10.9. The molecule has 0 unspecified atom stereocenters. The van der Waals surface area contributed by atoms with Crippen molar-refractivity contribution in [1.82, 2.24) is 0 Å². The molecule has 0 radical (unpaired) electrons. The van der Waals surface area contributed by atoms with Gasteiger partial charge in [0.2, 0.25) is 0 Å². The number of furan rings is 1. The van der Waals surface area contributed by atoms with Gasteiger partial charge in [-0.15, -0.1) is 0 Å². The van der Waals surface area contributed by atoms with Gasteiger partial charge in [-0.1, -0.05) is 12.1 Å². The number of allylic oxidation sites excluding steroid dienone is 1. The topological polar surface area (TPSA) is 39.4 Å². The molecule has 1 aromatic heterocycles. The van der Waals surface area contributed by atoms with Crippen LogP contribution < -0.4 is 4.74 Å². The smallest absolute Gasteiger partial charge is 0.196 e. The van der Waals surface area contributed by atoms with Crippen LogP contribution in [-0.4, -0.2) is 12.4 Å². The van der Waals surface area contributed by atoms with Gasteiger partial charge < -0.3 is 9.15 Å². The van der Waals surface area contributed by atoms with Crippen molar-refractivity contribution in [3.05, 3.63) is 59.6 Å². The van der Waals surface area contributed by atoms with Gasteiger partial charge in [-0.25, -0.2) is 0 Å². The predicted octanol–water partition coefficient (Wildman–Crippen LogP) is 3.33. The molecular weight excluding hydrogens is 228 g/mol. The van der Waals surface area contributed by atoms with E-state index in [-0.39, 0.29) is 5.78 Å². The molecule has 0 N–H and O–H groups in total. The predicted molar refractivity (Wildman–Crippen MR) is 67.6 cm³/mol. The maximum atomic E-state index is 12.4. The number of carbonyl (C=O) groups is 1. The molecule has 2 heterocycles. The average Bonchev–Trinajstić information content (AvgIpc) is 2.93. The van der Waals surface area contributed by atoms with E-state index in [9.17, 15) is 4.79 Å². The van der Waals surface area contributed by atoms with E-state index in [1.807, 2.05) is 37.3 Å². The highest BCUT2D eigenvalue weighted by Crippen LogP contribution is 2.30. The quantitative estimate of drug-likeness (QED) is 0.718. The van der Waals surface area contributed by atoms with Crippen LogP contribution in [-0.2, 0) is 0 Å². The second kappa shape index (κ2) is 4.18. The maximum absolute atomic E-state index is 12.4. The zero-order chi connectivity index (χ0) is 12.5. The third-order valence-electron chi connectivity index (χ3n) is 3.12.